The van der Waals surface area contributed by atoms with Gasteiger partial charge in [0.05, 0.1) is 10.6 Å². The molecule has 0 aliphatic rings. The van der Waals surface area contributed by atoms with Gasteiger partial charge in [-0.15, -0.1) is 0 Å². The van der Waals surface area contributed by atoms with Crippen molar-refractivity contribution in [1.29, 1.82) is 0 Å². The van der Waals surface area contributed by atoms with E-state index < -0.39 is 4.92 Å². The summed E-state index contributed by atoms with van der Waals surface area (Å²) in [5.74, 6) is 0. The van der Waals surface area contributed by atoms with Gasteiger partial charge in [0.1, 0.15) is 0 Å². The first-order chi connectivity index (χ1) is 11.7. The number of rotatable bonds is 9. The van der Waals surface area contributed by atoms with Crippen LogP contribution >= 0.6 is 0 Å². The van der Waals surface area contributed by atoms with Crippen molar-refractivity contribution in [2.45, 2.75) is 45.4 Å². The molecule has 0 aliphatic carbocycles. The monoisotopic (exact) mass is 324 g/mol. The van der Waals surface area contributed by atoms with Gasteiger partial charge in [-0.25, -0.2) is 0 Å². The molecule has 4 nitrogen and oxygen atoms in total. The molecule has 0 saturated heterocycles. The lowest BCUT2D eigenvalue weighted by molar-refractivity contribution is -0.384. The lowest BCUT2D eigenvalue weighted by atomic mass is 10.1. The molecule has 126 valence electrons. The van der Waals surface area contributed by atoms with Gasteiger partial charge in [-0.1, -0.05) is 44.7 Å². The molecule has 24 heavy (non-hydrogen) atoms. The van der Waals surface area contributed by atoms with Crippen molar-refractivity contribution in [3.63, 3.8) is 0 Å². The highest BCUT2D eigenvalue weighted by atomic mass is 16.6. The van der Waals surface area contributed by atoms with Crippen LogP contribution in [-0.2, 0) is 6.42 Å². The van der Waals surface area contributed by atoms with E-state index in [0.29, 0.717) is 0 Å². The first kappa shape index (κ1) is 17.9. The van der Waals surface area contributed by atoms with Crippen LogP contribution in [0.25, 0.3) is 0 Å². The number of benzene rings is 2. The minimum absolute atomic E-state index is 0.0930. The quantitative estimate of drug-likeness (QED) is 0.251. The van der Waals surface area contributed by atoms with E-state index in [2.05, 4.69) is 24.0 Å². The van der Waals surface area contributed by atoms with Gasteiger partial charge in [0, 0.05) is 18.3 Å². The molecule has 0 spiro atoms. The molecule has 0 saturated carbocycles. The van der Waals surface area contributed by atoms with Crippen molar-refractivity contribution in [3.05, 3.63) is 69.8 Å². The van der Waals surface area contributed by atoms with E-state index in [4.69, 9.17) is 0 Å². The number of aliphatic imine (C=N–C) groups is 1. The number of hydrogen-bond donors (Lipinski definition) is 0. The van der Waals surface area contributed by atoms with Crippen molar-refractivity contribution in [3.8, 4) is 0 Å². The number of nitrogens with zero attached hydrogens (tertiary/aromatic N) is 2. The summed E-state index contributed by atoms with van der Waals surface area (Å²) in [7, 11) is 0. The summed E-state index contributed by atoms with van der Waals surface area (Å²) in [6.45, 7) is 2.23. The molecule has 0 amide bonds. The molecule has 4 heteroatoms. The number of nitro groups is 1. The van der Waals surface area contributed by atoms with E-state index >= 15 is 0 Å². The molecular formula is C20H24N2O2. The number of non-ortho nitro benzene ring substituents is 1. The summed E-state index contributed by atoms with van der Waals surface area (Å²) in [6, 6.07) is 14.7. The molecule has 0 aliphatic heterocycles. The van der Waals surface area contributed by atoms with Crippen molar-refractivity contribution < 1.29 is 4.92 Å². The van der Waals surface area contributed by atoms with Gasteiger partial charge in [0.15, 0.2) is 0 Å². The molecule has 0 unspecified atom stereocenters. The van der Waals surface area contributed by atoms with E-state index in [1.807, 2.05) is 12.1 Å². The second-order valence-corrected chi connectivity index (χ2v) is 5.94. The van der Waals surface area contributed by atoms with Gasteiger partial charge in [0.25, 0.3) is 5.69 Å². The second-order valence-electron chi connectivity index (χ2n) is 5.94. The van der Waals surface area contributed by atoms with Gasteiger partial charge < -0.3 is 0 Å². The number of hydrogen-bond acceptors (Lipinski definition) is 3. The van der Waals surface area contributed by atoms with Crippen LogP contribution in [0.5, 0.6) is 0 Å². The Balaban J connectivity index is 1.85. The molecule has 2 rings (SSSR count). The average Bonchev–Trinajstić information content (AvgIpc) is 2.61. The van der Waals surface area contributed by atoms with Crippen LogP contribution in [0.15, 0.2) is 53.5 Å². The Kier molecular flexibility index (Phi) is 7.15. The maximum absolute atomic E-state index is 10.6. The highest BCUT2D eigenvalue weighted by Gasteiger charge is 2.02. The minimum Gasteiger partial charge on any atom is -0.258 e. The largest absolute Gasteiger partial charge is 0.269 e. The van der Waals surface area contributed by atoms with Gasteiger partial charge in [-0.3, -0.25) is 15.1 Å². The lowest BCUT2D eigenvalue weighted by Crippen LogP contribution is -1.88. The first-order valence-electron chi connectivity index (χ1n) is 8.56. The van der Waals surface area contributed by atoms with Crippen LogP contribution in [0.2, 0.25) is 0 Å². The van der Waals surface area contributed by atoms with Gasteiger partial charge in [0.2, 0.25) is 0 Å². The topological polar surface area (TPSA) is 55.5 Å². The summed E-state index contributed by atoms with van der Waals surface area (Å²) in [6.07, 6.45) is 9.32. The first-order valence-corrected chi connectivity index (χ1v) is 8.56. The van der Waals surface area contributed by atoms with E-state index in [-0.39, 0.29) is 5.69 Å². The zero-order valence-corrected chi connectivity index (χ0v) is 14.1. The van der Waals surface area contributed by atoms with E-state index in [0.717, 1.165) is 17.7 Å². The summed E-state index contributed by atoms with van der Waals surface area (Å²) < 4.78 is 0. The average molecular weight is 324 g/mol. The van der Waals surface area contributed by atoms with Gasteiger partial charge in [-0.2, -0.15) is 0 Å². The van der Waals surface area contributed by atoms with E-state index in [9.17, 15) is 10.1 Å². The molecule has 0 N–H and O–H groups in total. The van der Waals surface area contributed by atoms with Crippen molar-refractivity contribution in [2.75, 3.05) is 0 Å². The highest BCUT2D eigenvalue weighted by Crippen LogP contribution is 2.16. The fraction of sp³-hybridized carbons (Fsp3) is 0.350. The molecule has 0 atom stereocenters. The van der Waals surface area contributed by atoms with E-state index in [1.54, 1.807) is 18.3 Å². The molecule has 0 bridgehead atoms. The Morgan fingerprint density at radius 1 is 0.958 bits per heavy atom. The summed E-state index contributed by atoms with van der Waals surface area (Å²) in [4.78, 5) is 14.6. The molecule has 0 heterocycles. The lowest BCUT2D eigenvalue weighted by Gasteiger charge is -2.02. The van der Waals surface area contributed by atoms with Gasteiger partial charge in [-0.05, 0) is 48.2 Å². The van der Waals surface area contributed by atoms with Crippen LogP contribution in [0.3, 0.4) is 0 Å². The van der Waals surface area contributed by atoms with Crippen molar-refractivity contribution in [2.24, 2.45) is 4.99 Å². The maximum Gasteiger partial charge on any atom is 0.269 e. The fourth-order valence-corrected chi connectivity index (χ4v) is 2.51. The number of aryl methyl sites for hydroxylation is 1. The summed E-state index contributed by atoms with van der Waals surface area (Å²) in [5, 5.41) is 10.6. The van der Waals surface area contributed by atoms with Crippen LogP contribution < -0.4 is 0 Å². The normalized spacial score (nSPS) is 11.0. The smallest absolute Gasteiger partial charge is 0.258 e. The zero-order valence-electron chi connectivity index (χ0n) is 14.1. The van der Waals surface area contributed by atoms with Crippen LogP contribution in [0.1, 0.15) is 50.2 Å². The second kappa shape index (κ2) is 9.60. The van der Waals surface area contributed by atoms with Crippen molar-refractivity contribution in [1.82, 2.24) is 0 Å². The predicted octanol–water partition coefficient (Wildman–Crippen LogP) is 5.86. The molecular weight excluding hydrogens is 300 g/mol. The summed E-state index contributed by atoms with van der Waals surface area (Å²) >= 11 is 0. The van der Waals surface area contributed by atoms with Gasteiger partial charge >= 0.3 is 0 Å². The Bertz CT molecular complexity index is 661. The Labute approximate surface area is 143 Å². The minimum atomic E-state index is -0.401. The Morgan fingerprint density at radius 2 is 1.62 bits per heavy atom. The molecule has 0 fully saturated rings. The number of nitro benzene ring substituents is 1. The highest BCUT2D eigenvalue weighted by molar-refractivity contribution is 5.82. The molecule has 2 aromatic carbocycles. The van der Waals surface area contributed by atoms with Crippen LogP contribution in [0, 0.1) is 10.1 Å². The summed E-state index contributed by atoms with van der Waals surface area (Å²) in [5.41, 5.74) is 3.18. The molecule has 2 aromatic rings. The predicted molar refractivity (Wildman–Crippen MR) is 99.3 cm³/mol. The Morgan fingerprint density at radius 3 is 2.25 bits per heavy atom. The third-order valence-electron chi connectivity index (χ3n) is 3.97. The van der Waals surface area contributed by atoms with Crippen molar-refractivity contribution >= 4 is 17.6 Å². The Hall–Kier alpha value is -2.49. The molecule has 0 radical (unpaired) electrons. The number of unbranched alkanes of at least 4 members (excludes halogenated alkanes) is 4. The third-order valence-corrected chi connectivity index (χ3v) is 3.97. The van der Waals surface area contributed by atoms with E-state index in [1.165, 1.54) is 49.8 Å². The fourth-order valence-electron chi connectivity index (χ4n) is 2.51. The maximum atomic E-state index is 10.6. The SMILES string of the molecule is CCCCCCCc1ccc(N=Cc2ccc([N+](=O)[O-])cc2)cc1. The standard InChI is InChI=1S/C20H24N2O2/c1-2-3-4-5-6-7-17-8-12-19(13-9-17)21-16-18-10-14-20(15-11-18)22(23)24/h8-16H,2-7H2,1H3. The third kappa shape index (κ3) is 5.95. The van der Waals surface area contributed by atoms with Crippen LogP contribution in [-0.4, -0.2) is 11.1 Å². The zero-order chi connectivity index (χ0) is 17.2. The van der Waals surface area contributed by atoms with Crippen LogP contribution in [0.4, 0.5) is 11.4 Å². The molecule has 0 aromatic heterocycles.